The number of methoxy groups -OCH3 is 1. The second kappa shape index (κ2) is 6.63. The molecule has 0 aliphatic carbocycles. The van der Waals surface area contributed by atoms with Crippen molar-refractivity contribution in [3.8, 4) is 5.75 Å². The van der Waals surface area contributed by atoms with E-state index < -0.39 is 0 Å². The number of nitrogen functional groups attached to an aromatic ring is 1. The van der Waals surface area contributed by atoms with E-state index >= 15 is 0 Å². The van der Waals surface area contributed by atoms with E-state index in [2.05, 4.69) is 23.2 Å². The van der Waals surface area contributed by atoms with Crippen LogP contribution in [0.4, 0.5) is 11.4 Å². The minimum atomic E-state index is -0.184. The first-order chi connectivity index (χ1) is 10.0. The molecule has 1 unspecified atom stereocenters. The zero-order valence-corrected chi connectivity index (χ0v) is 12.8. The van der Waals surface area contributed by atoms with Gasteiger partial charge in [-0.2, -0.15) is 0 Å². The smallest absolute Gasteiger partial charge is 0.241 e. The molecule has 0 saturated carbocycles. The lowest BCUT2D eigenvalue weighted by molar-refractivity contribution is -0.120. The lowest BCUT2D eigenvalue weighted by atomic mass is 10.1. The number of anilines is 2. The Morgan fingerprint density at radius 1 is 1.48 bits per heavy atom. The molecule has 0 saturated heterocycles. The molecule has 0 aromatic heterocycles. The number of carbonyl (C=O) groups excluding carboxylic acids is 1. The SMILES string of the molecule is COc1ccc(NC(=O)C(C)N2CC=C(C)CC2)c(N)c1. The van der Waals surface area contributed by atoms with Crippen LogP contribution in [0.3, 0.4) is 0 Å². The third-order valence-electron chi connectivity index (χ3n) is 3.91. The van der Waals surface area contributed by atoms with Gasteiger partial charge in [0.05, 0.1) is 24.5 Å². The van der Waals surface area contributed by atoms with Gasteiger partial charge in [-0.1, -0.05) is 11.6 Å². The minimum absolute atomic E-state index is 0.0418. The predicted octanol–water partition coefficient (Wildman–Crippen LogP) is 2.26. The topological polar surface area (TPSA) is 67.6 Å². The molecule has 1 atom stereocenters. The standard InChI is InChI=1S/C16H23N3O2/c1-11-6-8-19(9-7-11)12(2)16(20)18-15-5-4-13(21-3)10-14(15)17/h4-6,10,12H,7-9,17H2,1-3H3,(H,18,20). The molecular weight excluding hydrogens is 266 g/mol. The van der Waals surface area contributed by atoms with E-state index in [9.17, 15) is 4.79 Å². The number of nitrogens with one attached hydrogen (secondary N) is 1. The Morgan fingerprint density at radius 2 is 2.24 bits per heavy atom. The summed E-state index contributed by atoms with van der Waals surface area (Å²) < 4.78 is 5.10. The average molecular weight is 289 g/mol. The molecule has 1 amide bonds. The van der Waals surface area contributed by atoms with Gasteiger partial charge in [0.15, 0.2) is 0 Å². The lowest BCUT2D eigenvalue weighted by Gasteiger charge is -2.30. The van der Waals surface area contributed by atoms with Gasteiger partial charge in [-0.15, -0.1) is 0 Å². The summed E-state index contributed by atoms with van der Waals surface area (Å²) in [4.78, 5) is 14.5. The number of benzene rings is 1. The number of amides is 1. The summed E-state index contributed by atoms with van der Waals surface area (Å²) in [6, 6.07) is 5.06. The van der Waals surface area contributed by atoms with E-state index in [1.54, 1.807) is 25.3 Å². The van der Waals surface area contributed by atoms with E-state index in [1.807, 2.05) is 6.92 Å². The number of hydrogen-bond acceptors (Lipinski definition) is 4. The van der Waals surface area contributed by atoms with E-state index in [0.29, 0.717) is 17.1 Å². The molecule has 0 spiro atoms. The van der Waals surface area contributed by atoms with Crippen LogP contribution in [-0.4, -0.2) is 37.0 Å². The van der Waals surface area contributed by atoms with Crippen LogP contribution in [0.2, 0.25) is 0 Å². The van der Waals surface area contributed by atoms with Crippen molar-refractivity contribution in [3.63, 3.8) is 0 Å². The fourth-order valence-electron chi connectivity index (χ4n) is 2.32. The van der Waals surface area contributed by atoms with Gasteiger partial charge in [0.25, 0.3) is 0 Å². The van der Waals surface area contributed by atoms with Crippen LogP contribution < -0.4 is 15.8 Å². The fraction of sp³-hybridized carbons (Fsp3) is 0.438. The molecule has 0 bridgehead atoms. The van der Waals surface area contributed by atoms with Crippen LogP contribution in [0.1, 0.15) is 20.3 Å². The Kier molecular flexibility index (Phi) is 4.85. The normalized spacial score (nSPS) is 17.0. The second-order valence-corrected chi connectivity index (χ2v) is 5.41. The molecule has 114 valence electrons. The van der Waals surface area contributed by atoms with Crippen LogP contribution in [0.15, 0.2) is 29.8 Å². The van der Waals surface area contributed by atoms with E-state index in [0.717, 1.165) is 19.5 Å². The first kappa shape index (κ1) is 15.4. The Labute approximate surface area is 125 Å². The van der Waals surface area contributed by atoms with E-state index in [1.165, 1.54) is 5.57 Å². The van der Waals surface area contributed by atoms with E-state index in [-0.39, 0.29) is 11.9 Å². The maximum absolute atomic E-state index is 12.3. The molecule has 1 aliphatic heterocycles. The van der Waals surface area contributed by atoms with Crippen LogP contribution in [0.5, 0.6) is 5.75 Å². The van der Waals surface area contributed by atoms with Crippen LogP contribution in [0.25, 0.3) is 0 Å². The number of nitrogens with two attached hydrogens (primary N) is 1. The van der Waals surface area contributed by atoms with Crippen molar-refractivity contribution in [2.75, 3.05) is 31.2 Å². The average Bonchev–Trinajstić information content (AvgIpc) is 2.49. The monoisotopic (exact) mass is 289 g/mol. The third kappa shape index (κ3) is 3.76. The van der Waals surface area contributed by atoms with Crippen molar-refractivity contribution in [3.05, 3.63) is 29.8 Å². The number of nitrogens with zero attached hydrogens (tertiary/aromatic N) is 1. The first-order valence-electron chi connectivity index (χ1n) is 7.15. The summed E-state index contributed by atoms with van der Waals surface area (Å²) >= 11 is 0. The van der Waals surface area contributed by atoms with Gasteiger partial charge >= 0.3 is 0 Å². The fourth-order valence-corrected chi connectivity index (χ4v) is 2.32. The molecule has 0 fully saturated rings. The van der Waals surface area contributed by atoms with Crippen molar-refractivity contribution in [1.82, 2.24) is 4.90 Å². The van der Waals surface area contributed by atoms with Crippen molar-refractivity contribution < 1.29 is 9.53 Å². The summed E-state index contributed by atoms with van der Waals surface area (Å²) in [5, 5.41) is 2.89. The number of rotatable bonds is 4. The molecule has 5 nitrogen and oxygen atoms in total. The molecular formula is C16H23N3O2. The highest BCUT2D eigenvalue weighted by Gasteiger charge is 2.22. The summed E-state index contributed by atoms with van der Waals surface area (Å²) in [6.45, 7) is 5.78. The second-order valence-electron chi connectivity index (χ2n) is 5.41. The van der Waals surface area contributed by atoms with Crippen molar-refractivity contribution in [2.24, 2.45) is 0 Å². The molecule has 2 rings (SSSR count). The molecule has 1 aromatic rings. The molecule has 21 heavy (non-hydrogen) atoms. The predicted molar refractivity (Wildman–Crippen MR) is 85.4 cm³/mol. The van der Waals surface area contributed by atoms with E-state index in [4.69, 9.17) is 10.5 Å². The summed E-state index contributed by atoms with van der Waals surface area (Å²) in [6.07, 6.45) is 3.19. The zero-order chi connectivity index (χ0) is 15.4. The number of hydrogen-bond donors (Lipinski definition) is 2. The molecule has 3 N–H and O–H groups in total. The van der Waals surface area contributed by atoms with Gasteiger partial charge in [0, 0.05) is 19.2 Å². The summed E-state index contributed by atoms with van der Waals surface area (Å²) in [5.41, 5.74) is 8.44. The third-order valence-corrected chi connectivity index (χ3v) is 3.91. The van der Waals surface area contributed by atoms with Crippen LogP contribution in [-0.2, 0) is 4.79 Å². The quantitative estimate of drug-likeness (QED) is 0.659. The van der Waals surface area contributed by atoms with Gasteiger partial charge < -0.3 is 15.8 Å². The van der Waals surface area contributed by atoms with Crippen LogP contribution >= 0.6 is 0 Å². The highest BCUT2D eigenvalue weighted by atomic mass is 16.5. The molecule has 1 heterocycles. The molecule has 0 radical (unpaired) electrons. The Morgan fingerprint density at radius 3 is 2.81 bits per heavy atom. The Bertz CT molecular complexity index is 554. The minimum Gasteiger partial charge on any atom is -0.497 e. The van der Waals surface area contributed by atoms with Gasteiger partial charge in [-0.05, 0) is 32.4 Å². The van der Waals surface area contributed by atoms with Gasteiger partial charge in [-0.25, -0.2) is 0 Å². The summed E-state index contributed by atoms with van der Waals surface area (Å²) in [5.74, 6) is 0.634. The number of carbonyl (C=O) groups is 1. The van der Waals surface area contributed by atoms with Gasteiger partial charge in [-0.3, -0.25) is 9.69 Å². The van der Waals surface area contributed by atoms with Crippen molar-refractivity contribution in [2.45, 2.75) is 26.3 Å². The van der Waals surface area contributed by atoms with Gasteiger partial charge in [0.1, 0.15) is 5.75 Å². The lowest BCUT2D eigenvalue weighted by Crippen LogP contribution is -2.44. The zero-order valence-electron chi connectivity index (χ0n) is 12.8. The molecule has 1 aromatic carbocycles. The first-order valence-corrected chi connectivity index (χ1v) is 7.15. The number of ether oxygens (including phenoxy) is 1. The van der Waals surface area contributed by atoms with Crippen molar-refractivity contribution in [1.29, 1.82) is 0 Å². The largest absolute Gasteiger partial charge is 0.497 e. The highest BCUT2D eigenvalue weighted by Crippen LogP contribution is 2.24. The van der Waals surface area contributed by atoms with Gasteiger partial charge in [0.2, 0.25) is 5.91 Å². The summed E-state index contributed by atoms with van der Waals surface area (Å²) in [7, 11) is 1.58. The highest BCUT2D eigenvalue weighted by molar-refractivity contribution is 5.97. The van der Waals surface area contributed by atoms with Crippen molar-refractivity contribution >= 4 is 17.3 Å². The molecule has 1 aliphatic rings. The Balaban J connectivity index is 2.01. The maximum atomic E-state index is 12.3. The van der Waals surface area contributed by atoms with Crippen LogP contribution in [0, 0.1) is 0 Å². The maximum Gasteiger partial charge on any atom is 0.241 e. The molecule has 5 heteroatoms. The Hall–Kier alpha value is -2.01.